The number of ketones is 1. The first-order chi connectivity index (χ1) is 12.2. The van der Waals surface area contributed by atoms with Crippen molar-refractivity contribution in [2.45, 2.75) is 13.8 Å². The Kier molecular flexibility index (Phi) is 5.42. The molecule has 0 aromatic heterocycles. The highest BCUT2D eigenvalue weighted by atomic mass is 16.4. The van der Waals surface area contributed by atoms with E-state index in [0.717, 1.165) is 11.1 Å². The number of allylic oxidation sites excluding steroid dienone is 1. The quantitative estimate of drug-likeness (QED) is 0.483. The van der Waals surface area contributed by atoms with Gasteiger partial charge >= 0.3 is 12.0 Å². The minimum atomic E-state index is -1.30. The van der Waals surface area contributed by atoms with Crippen LogP contribution in [0.2, 0.25) is 0 Å². The molecular weight excluding hydrogens is 334 g/mol. The van der Waals surface area contributed by atoms with Crippen LogP contribution in [0, 0.1) is 13.8 Å². The smallest absolute Gasteiger partial charge is 0.338 e. The van der Waals surface area contributed by atoms with Crippen molar-refractivity contribution in [3.8, 4) is 0 Å². The SMILES string of the molecule is Cc1cc(C)cc(C(C(=O)O)=C(N)C(=O)c2cccc(NC(N)=O)c2)c1. The molecule has 2 rings (SSSR count). The highest BCUT2D eigenvalue weighted by Crippen LogP contribution is 2.23. The number of Topliss-reactive ketones (excluding diaryl/α,β-unsaturated/α-hetero) is 1. The van der Waals surface area contributed by atoms with Gasteiger partial charge in [0.1, 0.15) is 0 Å². The molecule has 2 amide bonds. The Labute approximate surface area is 150 Å². The fourth-order valence-corrected chi connectivity index (χ4v) is 2.66. The number of carboxylic acid groups (broad SMARTS) is 1. The number of anilines is 1. The average Bonchev–Trinajstić information content (AvgIpc) is 2.52. The van der Waals surface area contributed by atoms with E-state index in [4.69, 9.17) is 11.5 Å². The zero-order valence-corrected chi connectivity index (χ0v) is 14.4. The Balaban J connectivity index is 2.53. The molecule has 0 saturated heterocycles. The molecule has 0 atom stereocenters. The summed E-state index contributed by atoms with van der Waals surface area (Å²) in [4.78, 5) is 35.4. The monoisotopic (exact) mass is 353 g/mol. The third-order valence-electron chi connectivity index (χ3n) is 3.63. The number of amides is 2. The molecule has 0 aliphatic carbocycles. The lowest BCUT2D eigenvalue weighted by molar-refractivity contribution is -0.130. The molecule has 0 radical (unpaired) electrons. The van der Waals surface area contributed by atoms with Crippen molar-refractivity contribution in [2.24, 2.45) is 11.5 Å². The number of nitrogens with one attached hydrogen (secondary N) is 1. The van der Waals surface area contributed by atoms with Gasteiger partial charge in [-0.05, 0) is 31.5 Å². The molecule has 0 spiro atoms. The van der Waals surface area contributed by atoms with Gasteiger partial charge in [0.25, 0.3) is 0 Å². The van der Waals surface area contributed by atoms with Crippen molar-refractivity contribution in [1.82, 2.24) is 0 Å². The number of hydrogen-bond acceptors (Lipinski definition) is 4. The molecular formula is C19H19N3O4. The van der Waals surface area contributed by atoms with Crippen LogP contribution < -0.4 is 16.8 Å². The fourth-order valence-electron chi connectivity index (χ4n) is 2.66. The summed E-state index contributed by atoms with van der Waals surface area (Å²) < 4.78 is 0. The van der Waals surface area contributed by atoms with Crippen LogP contribution in [0.25, 0.3) is 5.57 Å². The highest BCUT2D eigenvalue weighted by Gasteiger charge is 2.21. The van der Waals surface area contributed by atoms with Crippen molar-refractivity contribution in [1.29, 1.82) is 0 Å². The predicted molar refractivity (Wildman–Crippen MR) is 98.6 cm³/mol. The molecule has 0 aliphatic heterocycles. The van der Waals surface area contributed by atoms with Crippen molar-refractivity contribution < 1.29 is 19.5 Å². The van der Waals surface area contributed by atoms with E-state index in [-0.39, 0.29) is 11.1 Å². The van der Waals surface area contributed by atoms with Gasteiger partial charge in [-0.25, -0.2) is 9.59 Å². The third-order valence-corrected chi connectivity index (χ3v) is 3.63. The van der Waals surface area contributed by atoms with Gasteiger partial charge in [-0.3, -0.25) is 4.79 Å². The lowest BCUT2D eigenvalue weighted by Gasteiger charge is -2.11. The lowest BCUT2D eigenvalue weighted by Crippen LogP contribution is -2.20. The summed E-state index contributed by atoms with van der Waals surface area (Å²) in [6.07, 6.45) is 0. The Bertz CT molecular complexity index is 912. The Hall–Kier alpha value is -3.61. The second kappa shape index (κ2) is 7.52. The van der Waals surface area contributed by atoms with Gasteiger partial charge in [-0.1, -0.05) is 41.5 Å². The maximum absolute atomic E-state index is 12.7. The normalized spacial score (nSPS) is 11.5. The first-order valence-electron chi connectivity index (χ1n) is 7.72. The second-order valence-corrected chi connectivity index (χ2v) is 5.87. The van der Waals surface area contributed by atoms with Crippen LogP contribution in [0.4, 0.5) is 10.5 Å². The molecule has 26 heavy (non-hydrogen) atoms. The first kappa shape index (κ1) is 18.7. The van der Waals surface area contributed by atoms with Crippen molar-refractivity contribution >= 4 is 29.0 Å². The zero-order chi connectivity index (χ0) is 19.4. The standard InChI is InChI=1S/C19H19N3O4/c1-10-6-11(2)8-13(7-10)15(18(24)25)16(20)17(23)12-4-3-5-14(9-12)22-19(21)26/h3-9H,20H2,1-2H3,(H,24,25)(H3,21,22,26). The number of nitrogens with two attached hydrogens (primary N) is 2. The first-order valence-corrected chi connectivity index (χ1v) is 7.72. The summed E-state index contributed by atoms with van der Waals surface area (Å²) in [5, 5.41) is 11.9. The molecule has 7 heteroatoms. The van der Waals surface area contributed by atoms with Gasteiger partial charge in [-0.2, -0.15) is 0 Å². The number of hydrogen-bond donors (Lipinski definition) is 4. The number of carboxylic acids is 1. The van der Waals surface area contributed by atoms with E-state index < -0.39 is 23.5 Å². The number of primary amides is 1. The number of benzene rings is 2. The number of aryl methyl sites for hydroxylation is 2. The van der Waals surface area contributed by atoms with Crippen LogP contribution in [-0.4, -0.2) is 22.9 Å². The molecule has 0 bridgehead atoms. The van der Waals surface area contributed by atoms with Crippen LogP contribution in [0.15, 0.2) is 48.2 Å². The number of aliphatic carboxylic acids is 1. The summed E-state index contributed by atoms with van der Waals surface area (Å²) in [7, 11) is 0. The molecule has 0 fully saturated rings. The van der Waals surface area contributed by atoms with Crippen LogP contribution in [0.3, 0.4) is 0 Å². The van der Waals surface area contributed by atoms with E-state index in [1.807, 2.05) is 19.9 Å². The van der Waals surface area contributed by atoms with Gasteiger partial charge in [0, 0.05) is 11.3 Å². The summed E-state index contributed by atoms with van der Waals surface area (Å²) in [5.41, 5.74) is 12.8. The lowest BCUT2D eigenvalue weighted by atomic mass is 9.96. The highest BCUT2D eigenvalue weighted by molar-refractivity contribution is 6.25. The van der Waals surface area contributed by atoms with Crippen LogP contribution in [-0.2, 0) is 4.79 Å². The molecule has 0 heterocycles. The molecule has 7 nitrogen and oxygen atoms in total. The molecule has 0 unspecified atom stereocenters. The number of rotatable bonds is 5. The maximum atomic E-state index is 12.7. The van der Waals surface area contributed by atoms with E-state index in [1.165, 1.54) is 18.2 Å². The van der Waals surface area contributed by atoms with Gasteiger partial charge in [0.05, 0.1) is 11.3 Å². The van der Waals surface area contributed by atoms with Crippen LogP contribution >= 0.6 is 0 Å². The summed E-state index contributed by atoms with van der Waals surface area (Å²) >= 11 is 0. The average molecular weight is 353 g/mol. The summed E-state index contributed by atoms with van der Waals surface area (Å²) in [5.74, 6) is -1.96. The Morgan fingerprint density at radius 1 is 0.923 bits per heavy atom. The predicted octanol–water partition coefficient (Wildman–Crippen LogP) is 2.43. The van der Waals surface area contributed by atoms with E-state index in [1.54, 1.807) is 18.2 Å². The minimum absolute atomic E-state index is 0.136. The molecule has 0 saturated carbocycles. The van der Waals surface area contributed by atoms with E-state index in [0.29, 0.717) is 11.3 Å². The number of urea groups is 1. The zero-order valence-electron chi connectivity index (χ0n) is 14.4. The van der Waals surface area contributed by atoms with Crippen LogP contribution in [0.5, 0.6) is 0 Å². The van der Waals surface area contributed by atoms with Crippen LogP contribution in [0.1, 0.15) is 27.0 Å². The van der Waals surface area contributed by atoms with Crippen molar-refractivity contribution in [2.75, 3.05) is 5.32 Å². The number of carbonyl (C=O) groups is 3. The topological polar surface area (TPSA) is 136 Å². The maximum Gasteiger partial charge on any atom is 0.338 e. The van der Waals surface area contributed by atoms with E-state index in [2.05, 4.69) is 5.32 Å². The Morgan fingerprint density at radius 2 is 1.54 bits per heavy atom. The van der Waals surface area contributed by atoms with Gasteiger partial charge in [-0.15, -0.1) is 0 Å². The molecule has 2 aromatic carbocycles. The fraction of sp³-hybridized carbons (Fsp3) is 0.105. The van der Waals surface area contributed by atoms with Gasteiger partial charge in [0.2, 0.25) is 5.78 Å². The van der Waals surface area contributed by atoms with Gasteiger partial charge in [0.15, 0.2) is 0 Å². The minimum Gasteiger partial charge on any atom is -0.478 e. The summed E-state index contributed by atoms with van der Waals surface area (Å²) in [6, 6.07) is 10.3. The molecule has 2 aromatic rings. The van der Waals surface area contributed by atoms with Crippen molar-refractivity contribution in [3.63, 3.8) is 0 Å². The number of carbonyl (C=O) groups excluding carboxylic acids is 2. The van der Waals surface area contributed by atoms with E-state index >= 15 is 0 Å². The Morgan fingerprint density at radius 3 is 2.08 bits per heavy atom. The molecule has 134 valence electrons. The van der Waals surface area contributed by atoms with E-state index in [9.17, 15) is 19.5 Å². The molecule has 0 aliphatic rings. The largest absolute Gasteiger partial charge is 0.478 e. The summed E-state index contributed by atoms with van der Waals surface area (Å²) in [6.45, 7) is 3.65. The second-order valence-electron chi connectivity index (χ2n) is 5.87. The van der Waals surface area contributed by atoms with Gasteiger partial charge < -0.3 is 21.9 Å². The van der Waals surface area contributed by atoms with Crippen molar-refractivity contribution in [3.05, 3.63) is 70.4 Å². The third kappa shape index (κ3) is 4.27. The molecule has 6 N–H and O–H groups in total.